The average Bonchev–Trinajstić information content (AvgIpc) is 3.01. The molecule has 0 amide bonds. The zero-order chi connectivity index (χ0) is 32.0. The molecule has 3 rings (SSSR count). The molecule has 1 heterocycles. The number of nitrogens with zero attached hydrogens (tertiary/aromatic N) is 1. The molecular weight excluding hydrogens is 578 g/mol. The molecule has 0 saturated carbocycles. The Morgan fingerprint density at radius 3 is 2.07 bits per heavy atom. The third-order valence-corrected chi connectivity index (χ3v) is 6.97. The van der Waals surface area contributed by atoms with E-state index in [4.69, 9.17) is 14.2 Å². The van der Waals surface area contributed by atoms with Crippen molar-refractivity contribution >= 4 is 11.9 Å². The van der Waals surface area contributed by atoms with Crippen LogP contribution in [0.2, 0.25) is 0 Å². The van der Waals surface area contributed by atoms with Crippen molar-refractivity contribution in [3.05, 3.63) is 77.7 Å². The average molecular weight is 618 g/mol. The second-order valence-electron chi connectivity index (χ2n) is 10.5. The summed E-state index contributed by atoms with van der Waals surface area (Å²) in [6.07, 6.45) is 2.10. The van der Waals surface area contributed by atoms with Crippen LogP contribution in [0, 0.1) is 5.82 Å². The van der Waals surface area contributed by atoms with Gasteiger partial charge in [0.1, 0.15) is 5.75 Å². The van der Waals surface area contributed by atoms with Crippen LogP contribution in [0.4, 0.5) is 17.6 Å². The van der Waals surface area contributed by atoms with E-state index in [0.29, 0.717) is 30.7 Å². The fourth-order valence-electron chi connectivity index (χ4n) is 4.42. The Hall–Kier alpha value is -3.95. The van der Waals surface area contributed by atoms with Gasteiger partial charge in [0.25, 0.3) is 0 Å². The molecular formula is C34H39F4NO5. The lowest BCUT2D eigenvalue weighted by Crippen LogP contribution is -2.33. The Labute approximate surface area is 255 Å². The molecule has 10 heteroatoms. The fraction of sp³-hybridized carbons (Fsp3) is 0.441. The molecule has 0 fully saturated rings. The molecule has 0 saturated heterocycles. The highest BCUT2D eigenvalue weighted by Crippen LogP contribution is 2.29. The first-order valence-electron chi connectivity index (χ1n) is 15.1. The second kappa shape index (κ2) is 17.4. The lowest BCUT2D eigenvalue weighted by Gasteiger charge is -2.20. The number of carbonyl (C=O) groups excluding carboxylic acids is 2. The molecule has 1 unspecified atom stereocenters. The third kappa shape index (κ3) is 11.0. The van der Waals surface area contributed by atoms with Gasteiger partial charge >= 0.3 is 18.1 Å². The van der Waals surface area contributed by atoms with Gasteiger partial charge in [0.05, 0.1) is 23.4 Å². The van der Waals surface area contributed by atoms with Crippen molar-refractivity contribution in [2.75, 3.05) is 6.61 Å². The predicted octanol–water partition coefficient (Wildman–Crippen LogP) is 9.51. The Kier molecular flexibility index (Phi) is 13.6. The normalized spacial score (nSPS) is 12.0. The first-order chi connectivity index (χ1) is 21.1. The van der Waals surface area contributed by atoms with E-state index in [9.17, 15) is 27.2 Å². The number of aromatic nitrogens is 1. The first kappa shape index (κ1) is 34.5. The van der Waals surface area contributed by atoms with Crippen molar-refractivity contribution < 1.29 is 41.4 Å². The summed E-state index contributed by atoms with van der Waals surface area (Å²) in [7, 11) is 0. The van der Waals surface area contributed by atoms with Crippen molar-refractivity contribution in [3.63, 3.8) is 0 Å². The minimum absolute atomic E-state index is 0.0746. The standard InChI is InChI=1S/C34H39F4NO5/c1-3-5-7-9-11-21-42-30-20-16-25(22-28(30)35)29-19-15-26(23-39-29)33(41)43-27-17-13-24(14-18-27)32(40)44-31(34(36,37)38)12-10-8-6-4-2/h13-20,22-23,31H,3-12,21H2,1-2H3. The van der Waals surface area contributed by atoms with Crippen LogP contribution >= 0.6 is 0 Å². The maximum Gasteiger partial charge on any atom is 0.425 e. The van der Waals surface area contributed by atoms with Gasteiger partial charge in [-0.2, -0.15) is 13.2 Å². The van der Waals surface area contributed by atoms with Gasteiger partial charge in [-0.05, 0) is 73.9 Å². The van der Waals surface area contributed by atoms with Crippen LogP contribution in [0.25, 0.3) is 11.3 Å². The molecule has 0 N–H and O–H groups in total. The number of rotatable bonds is 17. The number of hydrogen-bond acceptors (Lipinski definition) is 6. The zero-order valence-electron chi connectivity index (χ0n) is 25.1. The van der Waals surface area contributed by atoms with Gasteiger partial charge in [-0.3, -0.25) is 4.98 Å². The van der Waals surface area contributed by atoms with Gasteiger partial charge in [0.2, 0.25) is 0 Å². The first-order valence-corrected chi connectivity index (χ1v) is 15.1. The zero-order valence-corrected chi connectivity index (χ0v) is 25.1. The molecule has 3 aromatic rings. The quantitative estimate of drug-likeness (QED) is 0.0650. The maximum absolute atomic E-state index is 14.6. The van der Waals surface area contributed by atoms with Crippen molar-refractivity contribution in [2.45, 2.75) is 90.3 Å². The molecule has 2 aromatic carbocycles. The summed E-state index contributed by atoms with van der Waals surface area (Å²) in [5.74, 6) is -2.11. The lowest BCUT2D eigenvalue weighted by atomic mass is 10.1. The summed E-state index contributed by atoms with van der Waals surface area (Å²) in [6, 6.07) is 12.6. The second-order valence-corrected chi connectivity index (χ2v) is 10.5. The molecule has 0 spiro atoms. The van der Waals surface area contributed by atoms with Crippen LogP contribution in [0.3, 0.4) is 0 Å². The number of hydrogen-bond donors (Lipinski definition) is 0. The van der Waals surface area contributed by atoms with Gasteiger partial charge in [-0.15, -0.1) is 0 Å². The number of alkyl halides is 3. The molecule has 0 bridgehead atoms. The minimum atomic E-state index is -4.67. The monoisotopic (exact) mass is 617 g/mol. The number of carbonyl (C=O) groups is 2. The molecule has 0 aliphatic heterocycles. The molecule has 6 nitrogen and oxygen atoms in total. The summed E-state index contributed by atoms with van der Waals surface area (Å²) >= 11 is 0. The smallest absolute Gasteiger partial charge is 0.425 e. The predicted molar refractivity (Wildman–Crippen MR) is 159 cm³/mol. The Bertz CT molecular complexity index is 1330. The van der Waals surface area contributed by atoms with E-state index in [2.05, 4.69) is 11.9 Å². The summed E-state index contributed by atoms with van der Waals surface area (Å²) < 4.78 is 70.2. The van der Waals surface area contributed by atoms with E-state index in [1.807, 2.05) is 6.92 Å². The molecule has 0 aliphatic carbocycles. The van der Waals surface area contributed by atoms with E-state index in [0.717, 1.165) is 38.5 Å². The fourth-order valence-corrected chi connectivity index (χ4v) is 4.42. The minimum Gasteiger partial charge on any atom is -0.491 e. The number of unbranched alkanes of at least 4 members (excludes halogenated alkanes) is 7. The maximum atomic E-state index is 14.6. The lowest BCUT2D eigenvalue weighted by molar-refractivity contribution is -0.206. The molecule has 1 aromatic heterocycles. The molecule has 1 atom stereocenters. The van der Waals surface area contributed by atoms with Gasteiger partial charge in [0.15, 0.2) is 17.7 Å². The Balaban J connectivity index is 1.54. The number of benzene rings is 2. The van der Waals surface area contributed by atoms with Crippen molar-refractivity contribution in [3.8, 4) is 22.8 Å². The van der Waals surface area contributed by atoms with Crippen molar-refractivity contribution in [1.82, 2.24) is 4.98 Å². The SMILES string of the molecule is CCCCCCCOc1ccc(-c2ccc(C(=O)Oc3ccc(C(=O)OC(CCCCCC)C(F)(F)F)cc3)cn2)cc1F. The van der Waals surface area contributed by atoms with Crippen LogP contribution in [-0.2, 0) is 4.74 Å². The summed E-state index contributed by atoms with van der Waals surface area (Å²) in [4.78, 5) is 29.2. The molecule has 0 radical (unpaired) electrons. The van der Waals surface area contributed by atoms with Crippen molar-refractivity contribution in [1.29, 1.82) is 0 Å². The van der Waals surface area contributed by atoms with Gasteiger partial charge < -0.3 is 14.2 Å². The van der Waals surface area contributed by atoms with Crippen LogP contribution in [-0.4, -0.2) is 35.8 Å². The number of pyridine rings is 1. The van der Waals surface area contributed by atoms with Crippen LogP contribution < -0.4 is 9.47 Å². The van der Waals surface area contributed by atoms with Crippen LogP contribution in [0.5, 0.6) is 11.5 Å². The highest BCUT2D eigenvalue weighted by molar-refractivity contribution is 5.92. The molecule has 44 heavy (non-hydrogen) atoms. The van der Waals surface area contributed by atoms with Gasteiger partial charge in [-0.1, -0.05) is 58.8 Å². The van der Waals surface area contributed by atoms with Gasteiger partial charge in [0, 0.05) is 11.8 Å². The van der Waals surface area contributed by atoms with E-state index < -0.39 is 30.0 Å². The molecule has 238 valence electrons. The number of halogens is 4. The van der Waals surface area contributed by atoms with Crippen LogP contribution in [0.1, 0.15) is 98.8 Å². The summed E-state index contributed by atoms with van der Waals surface area (Å²) in [5, 5.41) is 0. The summed E-state index contributed by atoms with van der Waals surface area (Å²) in [6.45, 7) is 4.54. The van der Waals surface area contributed by atoms with E-state index >= 15 is 0 Å². The Morgan fingerprint density at radius 1 is 0.795 bits per heavy atom. The van der Waals surface area contributed by atoms with E-state index in [-0.39, 0.29) is 29.0 Å². The summed E-state index contributed by atoms with van der Waals surface area (Å²) in [5.41, 5.74) is 0.969. The van der Waals surface area contributed by atoms with Crippen LogP contribution in [0.15, 0.2) is 60.8 Å². The number of esters is 2. The topological polar surface area (TPSA) is 74.7 Å². The third-order valence-electron chi connectivity index (χ3n) is 6.97. The van der Waals surface area contributed by atoms with Gasteiger partial charge in [-0.25, -0.2) is 14.0 Å². The largest absolute Gasteiger partial charge is 0.491 e. The Morgan fingerprint density at radius 2 is 1.45 bits per heavy atom. The molecule has 0 aliphatic rings. The highest BCUT2D eigenvalue weighted by atomic mass is 19.4. The van der Waals surface area contributed by atoms with E-state index in [1.165, 1.54) is 49.0 Å². The highest BCUT2D eigenvalue weighted by Gasteiger charge is 2.42. The van der Waals surface area contributed by atoms with Crippen molar-refractivity contribution in [2.24, 2.45) is 0 Å². The number of ether oxygens (including phenoxy) is 3. The van der Waals surface area contributed by atoms with E-state index in [1.54, 1.807) is 18.2 Å².